The highest BCUT2D eigenvalue weighted by atomic mass is 19.1. The zero-order chi connectivity index (χ0) is 7.40. The normalized spacial score (nSPS) is 9.40. The summed E-state index contributed by atoms with van der Waals surface area (Å²) in [5.41, 5.74) is 0. The first-order valence-electron chi connectivity index (χ1n) is 2.79. The second kappa shape index (κ2) is 3.17. The van der Waals surface area contributed by atoms with Crippen LogP contribution in [0.4, 0.5) is 4.39 Å². The van der Waals surface area contributed by atoms with Crippen LogP contribution in [0.1, 0.15) is 0 Å². The fourth-order valence-electron chi connectivity index (χ4n) is 0.615. The molecule has 0 radical (unpaired) electrons. The summed E-state index contributed by atoms with van der Waals surface area (Å²) in [5, 5.41) is 0. The highest BCUT2D eigenvalue weighted by molar-refractivity contribution is 5.21. The molecule has 0 saturated heterocycles. The summed E-state index contributed by atoms with van der Waals surface area (Å²) in [6.45, 7) is 0. The van der Waals surface area contributed by atoms with E-state index in [0.717, 1.165) is 0 Å². The lowest BCUT2D eigenvalue weighted by Gasteiger charge is -1.98. The fourth-order valence-corrected chi connectivity index (χ4v) is 0.615. The van der Waals surface area contributed by atoms with E-state index >= 15 is 0 Å². The van der Waals surface area contributed by atoms with Crippen molar-refractivity contribution in [3.63, 3.8) is 0 Å². The van der Waals surface area contributed by atoms with Gasteiger partial charge in [0.15, 0.2) is 5.75 Å². The molecule has 2 nitrogen and oxygen atoms in total. The molecule has 0 N–H and O–H groups in total. The van der Waals surface area contributed by atoms with Crippen LogP contribution in [0.2, 0.25) is 0 Å². The van der Waals surface area contributed by atoms with Crippen LogP contribution >= 0.6 is 0 Å². The molecule has 0 aliphatic heterocycles. The Kier molecular flexibility index (Phi) is 2.23. The molecule has 3 heteroatoms. The van der Waals surface area contributed by atoms with E-state index in [2.05, 4.69) is 9.78 Å². The molecule has 1 aromatic carbocycles. The van der Waals surface area contributed by atoms with Crippen molar-refractivity contribution in [3.8, 4) is 5.75 Å². The second-order valence-electron chi connectivity index (χ2n) is 1.71. The smallest absolute Gasteiger partial charge is 0.168 e. The zero-order valence-corrected chi connectivity index (χ0v) is 5.50. The Bertz CT molecular complexity index is 213. The lowest BCUT2D eigenvalue weighted by molar-refractivity contribution is -0.178. The van der Waals surface area contributed by atoms with Crippen LogP contribution in [0.25, 0.3) is 0 Å². The van der Waals surface area contributed by atoms with Crippen molar-refractivity contribution in [2.24, 2.45) is 0 Å². The van der Waals surface area contributed by atoms with Gasteiger partial charge in [-0.3, -0.25) is 0 Å². The molecule has 10 heavy (non-hydrogen) atoms. The molecule has 0 saturated carbocycles. The summed E-state index contributed by atoms with van der Waals surface area (Å²) in [7, 11) is 1.37. The van der Waals surface area contributed by atoms with Gasteiger partial charge in [-0.1, -0.05) is 6.07 Å². The predicted octanol–water partition coefficient (Wildman–Crippen LogP) is 1.77. The number of rotatable bonds is 2. The molecular formula is C7H7FO2. The number of hydrogen-bond donors (Lipinski definition) is 0. The lowest BCUT2D eigenvalue weighted by Crippen LogP contribution is -1.89. The Morgan fingerprint density at radius 3 is 2.80 bits per heavy atom. The van der Waals surface area contributed by atoms with Gasteiger partial charge < -0.3 is 4.89 Å². The minimum absolute atomic E-state index is 0.338. The van der Waals surface area contributed by atoms with Gasteiger partial charge in [-0.15, -0.1) is 0 Å². The molecule has 0 aliphatic rings. The number of benzene rings is 1. The van der Waals surface area contributed by atoms with Gasteiger partial charge in [0.25, 0.3) is 0 Å². The van der Waals surface area contributed by atoms with Crippen molar-refractivity contribution in [3.05, 3.63) is 30.1 Å². The molecule has 54 valence electrons. The molecule has 0 amide bonds. The van der Waals surface area contributed by atoms with Gasteiger partial charge in [0.2, 0.25) is 0 Å². The van der Waals surface area contributed by atoms with E-state index in [1.165, 1.54) is 19.2 Å². The molecule has 1 rings (SSSR count). The Hall–Kier alpha value is -1.09. The molecular weight excluding hydrogens is 135 g/mol. The van der Waals surface area contributed by atoms with Crippen LogP contribution in [-0.4, -0.2) is 7.11 Å². The molecule has 0 aliphatic carbocycles. The summed E-state index contributed by atoms with van der Waals surface area (Å²) in [5.74, 6) is 0.0250. The number of hydrogen-bond acceptors (Lipinski definition) is 2. The highest BCUT2D eigenvalue weighted by Crippen LogP contribution is 2.11. The Morgan fingerprint density at radius 2 is 2.20 bits per heavy atom. The summed E-state index contributed by atoms with van der Waals surface area (Å²) in [6.07, 6.45) is 0. The van der Waals surface area contributed by atoms with Crippen molar-refractivity contribution in [1.82, 2.24) is 0 Å². The predicted molar refractivity (Wildman–Crippen MR) is 34.0 cm³/mol. The second-order valence-corrected chi connectivity index (χ2v) is 1.71. The maximum Gasteiger partial charge on any atom is 0.168 e. The summed E-state index contributed by atoms with van der Waals surface area (Å²) in [6, 6.07) is 5.72. The standard InChI is InChI=1S/C7H7FO2/c1-9-10-7-4-2-3-6(8)5-7/h2-5H,1H3. The van der Waals surface area contributed by atoms with E-state index in [1.54, 1.807) is 12.1 Å². The monoisotopic (exact) mass is 142 g/mol. The van der Waals surface area contributed by atoms with E-state index < -0.39 is 0 Å². The maximum atomic E-state index is 12.4. The third-order valence-electron chi connectivity index (χ3n) is 0.976. The first-order chi connectivity index (χ1) is 4.83. The van der Waals surface area contributed by atoms with E-state index in [9.17, 15) is 4.39 Å². The summed E-state index contributed by atoms with van der Waals surface area (Å²) >= 11 is 0. The third kappa shape index (κ3) is 1.70. The number of halogens is 1. The van der Waals surface area contributed by atoms with Gasteiger partial charge in [0, 0.05) is 6.07 Å². The zero-order valence-electron chi connectivity index (χ0n) is 5.50. The Balaban J connectivity index is 2.75. The minimum atomic E-state index is -0.338. The van der Waals surface area contributed by atoms with E-state index in [-0.39, 0.29) is 5.82 Å². The quantitative estimate of drug-likeness (QED) is 0.462. The topological polar surface area (TPSA) is 18.5 Å². The first-order valence-corrected chi connectivity index (χ1v) is 2.79. The molecule has 0 heterocycles. The maximum absolute atomic E-state index is 12.4. The Morgan fingerprint density at radius 1 is 1.40 bits per heavy atom. The van der Waals surface area contributed by atoms with Crippen LogP contribution in [-0.2, 0) is 4.89 Å². The average Bonchev–Trinajstić information content (AvgIpc) is 1.88. The van der Waals surface area contributed by atoms with Crippen LogP contribution in [0.3, 0.4) is 0 Å². The van der Waals surface area contributed by atoms with Crippen molar-refractivity contribution >= 4 is 0 Å². The van der Waals surface area contributed by atoms with Gasteiger partial charge >= 0.3 is 0 Å². The first kappa shape index (κ1) is 7.02. The Labute approximate surface area is 58.1 Å². The molecule has 0 bridgehead atoms. The van der Waals surface area contributed by atoms with Crippen molar-refractivity contribution in [2.45, 2.75) is 0 Å². The molecule has 0 fully saturated rings. The minimum Gasteiger partial charge on any atom is -0.338 e. The third-order valence-corrected chi connectivity index (χ3v) is 0.976. The lowest BCUT2D eigenvalue weighted by atomic mass is 10.3. The van der Waals surface area contributed by atoms with Crippen molar-refractivity contribution in [1.29, 1.82) is 0 Å². The largest absolute Gasteiger partial charge is 0.338 e. The van der Waals surface area contributed by atoms with E-state index in [4.69, 9.17) is 0 Å². The van der Waals surface area contributed by atoms with E-state index in [1.807, 2.05) is 0 Å². The SMILES string of the molecule is COOc1cccc(F)c1. The van der Waals surface area contributed by atoms with Gasteiger partial charge in [-0.2, -0.15) is 4.89 Å². The van der Waals surface area contributed by atoms with E-state index in [0.29, 0.717) is 5.75 Å². The summed E-state index contributed by atoms with van der Waals surface area (Å²) < 4.78 is 12.4. The fraction of sp³-hybridized carbons (Fsp3) is 0.143. The van der Waals surface area contributed by atoms with Crippen LogP contribution < -0.4 is 4.89 Å². The van der Waals surface area contributed by atoms with Crippen molar-refractivity contribution in [2.75, 3.05) is 7.11 Å². The van der Waals surface area contributed by atoms with Gasteiger partial charge in [0.05, 0.1) is 7.11 Å². The van der Waals surface area contributed by atoms with Gasteiger partial charge in [0.1, 0.15) is 5.82 Å². The summed E-state index contributed by atoms with van der Waals surface area (Å²) in [4.78, 5) is 8.86. The van der Waals surface area contributed by atoms with Crippen molar-refractivity contribution < 1.29 is 14.2 Å². The molecule has 0 atom stereocenters. The average molecular weight is 142 g/mol. The molecule has 0 spiro atoms. The molecule has 0 aromatic heterocycles. The van der Waals surface area contributed by atoms with Crippen LogP contribution in [0.5, 0.6) is 5.75 Å². The van der Waals surface area contributed by atoms with Gasteiger partial charge in [-0.25, -0.2) is 4.39 Å². The molecule has 1 aromatic rings. The highest BCUT2D eigenvalue weighted by Gasteiger charge is 1.93. The van der Waals surface area contributed by atoms with Gasteiger partial charge in [-0.05, 0) is 12.1 Å². The molecule has 0 unspecified atom stereocenters. The van der Waals surface area contributed by atoms with Crippen LogP contribution in [0, 0.1) is 5.82 Å². The van der Waals surface area contributed by atoms with Crippen LogP contribution in [0.15, 0.2) is 24.3 Å².